The fraction of sp³-hybridized carbons (Fsp3) is 1.00. The van der Waals surface area contributed by atoms with Crippen molar-refractivity contribution >= 4 is 7.82 Å². The Morgan fingerprint density at radius 1 is 1.07 bits per heavy atom. The summed E-state index contributed by atoms with van der Waals surface area (Å²) in [6.45, 7) is -1.75. The molecule has 0 aliphatic rings. The van der Waals surface area contributed by atoms with Crippen LogP contribution >= 0.6 is 7.82 Å². The summed E-state index contributed by atoms with van der Waals surface area (Å²) in [6, 6.07) is 0. The monoisotopic (exact) mass is 240 g/mol. The summed E-state index contributed by atoms with van der Waals surface area (Å²) in [6.07, 6.45) is -3.88. The molecule has 0 amide bonds. The molecule has 10 heteroatoms. The summed E-state index contributed by atoms with van der Waals surface area (Å²) in [5.41, 5.74) is 0. The Bertz CT molecular complexity index is 168. The third-order valence-electron chi connectivity index (χ3n) is 0.763. The Hall–Kier alpha value is 0.950. The molecule has 0 aromatic heterocycles. The van der Waals surface area contributed by atoms with Crippen LogP contribution in [0, 0.1) is 0 Å². The molecule has 0 aliphatic heterocycles. The first-order chi connectivity index (χ1) is 5.83. The number of aliphatic hydroxyl groups is 4. The van der Waals surface area contributed by atoms with Gasteiger partial charge in [-0.25, -0.2) is 0 Å². The largest absolute Gasteiger partial charge is 1.00 e. The van der Waals surface area contributed by atoms with Gasteiger partial charge in [0.25, 0.3) is 7.82 Å². The van der Waals surface area contributed by atoms with Crippen molar-refractivity contribution in [3.05, 3.63) is 0 Å². The number of phosphoric acid groups is 1. The molecule has 0 aromatic carbocycles. The molecule has 0 aliphatic carbocycles. The summed E-state index contributed by atoms with van der Waals surface area (Å²) >= 11 is 0. The Kier molecular flexibility index (Phi) is 10.1. The molecule has 80 valence electrons. The molecule has 4 N–H and O–H groups in total. The van der Waals surface area contributed by atoms with Gasteiger partial charge in [0.05, 0.1) is 0 Å². The molecule has 0 fully saturated rings. The van der Waals surface area contributed by atoms with Crippen LogP contribution in [0.25, 0.3) is 0 Å². The SMILES string of the molecule is O=P([O-])(OCC(O)O)OCC(O)O.[Na+]. The molecular weight excluding hydrogens is 230 g/mol. The standard InChI is InChI=1S/C4H11O8P.Na/c5-3(6)1-11-13(9,10)12-2-4(7)8;/h3-8H,1-2H2,(H,9,10);/q;+1/p-1. The maximum atomic E-state index is 10.6. The normalized spacial score (nSPS) is 11.9. The molecule has 0 heterocycles. The molecule has 0 saturated carbocycles. The number of aliphatic hydroxyl groups excluding tert-OH is 2. The van der Waals surface area contributed by atoms with Gasteiger partial charge in [-0.15, -0.1) is 0 Å². The van der Waals surface area contributed by atoms with E-state index >= 15 is 0 Å². The third kappa shape index (κ3) is 11.0. The molecule has 0 saturated heterocycles. The van der Waals surface area contributed by atoms with Crippen molar-refractivity contribution < 1.29 is 68.5 Å². The van der Waals surface area contributed by atoms with Crippen LogP contribution in [0.15, 0.2) is 0 Å². The summed E-state index contributed by atoms with van der Waals surface area (Å²) < 4.78 is 18.4. The smallest absolute Gasteiger partial charge is 0.756 e. The van der Waals surface area contributed by atoms with E-state index in [2.05, 4.69) is 9.05 Å². The second-order valence-corrected chi connectivity index (χ2v) is 3.41. The number of rotatable bonds is 6. The van der Waals surface area contributed by atoms with Crippen LogP contribution in [0.2, 0.25) is 0 Å². The van der Waals surface area contributed by atoms with E-state index in [1.807, 2.05) is 0 Å². The van der Waals surface area contributed by atoms with E-state index < -0.39 is 33.6 Å². The predicted molar refractivity (Wildman–Crippen MR) is 36.0 cm³/mol. The van der Waals surface area contributed by atoms with Gasteiger partial charge in [-0.05, 0) is 0 Å². The molecule has 0 aromatic rings. The third-order valence-corrected chi connectivity index (χ3v) is 1.69. The molecule has 0 rings (SSSR count). The first-order valence-electron chi connectivity index (χ1n) is 3.16. The van der Waals surface area contributed by atoms with Gasteiger partial charge in [-0.3, -0.25) is 4.57 Å². The Balaban J connectivity index is 0. The first kappa shape index (κ1) is 17.3. The van der Waals surface area contributed by atoms with Gasteiger partial charge < -0.3 is 34.4 Å². The quantitative estimate of drug-likeness (QED) is 0.204. The van der Waals surface area contributed by atoms with Crippen LogP contribution in [0.5, 0.6) is 0 Å². The summed E-state index contributed by atoms with van der Waals surface area (Å²) in [4.78, 5) is 10.6. The Labute approximate surface area is 102 Å². The van der Waals surface area contributed by atoms with Crippen molar-refractivity contribution in [2.45, 2.75) is 12.6 Å². The molecule has 0 atom stereocenters. The topological polar surface area (TPSA) is 140 Å². The van der Waals surface area contributed by atoms with Gasteiger partial charge >= 0.3 is 29.6 Å². The second-order valence-electron chi connectivity index (χ2n) is 2.00. The molecule has 0 bridgehead atoms. The van der Waals surface area contributed by atoms with Gasteiger partial charge in [0.1, 0.15) is 13.2 Å². The predicted octanol–water partition coefficient (Wildman–Crippen LogP) is -5.89. The maximum absolute atomic E-state index is 10.6. The van der Waals surface area contributed by atoms with Crippen LogP contribution in [0.1, 0.15) is 0 Å². The number of hydrogen-bond acceptors (Lipinski definition) is 8. The zero-order valence-electron chi connectivity index (χ0n) is 7.44. The van der Waals surface area contributed by atoms with Gasteiger partial charge in [-0.1, -0.05) is 0 Å². The van der Waals surface area contributed by atoms with E-state index in [4.69, 9.17) is 20.4 Å². The van der Waals surface area contributed by atoms with E-state index in [0.717, 1.165) is 0 Å². The first-order valence-corrected chi connectivity index (χ1v) is 4.62. The van der Waals surface area contributed by atoms with Crippen LogP contribution in [0.4, 0.5) is 0 Å². The van der Waals surface area contributed by atoms with E-state index in [-0.39, 0.29) is 29.6 Å². The van der Waals surface area contributed by atoms with Gasteiger partial charge in [-0.2, -0.15) is 0 Å². The molecule has 0 radical (unpaired) electrons. The zero-order valence-corrected chi connectivity index (χ0v) is 10.3. The molecule has 8 nitrogen and oxygen atoms in total. The Morgan fingerprint density at radius 2 is 1.36 bits per heavy atom. The van der Waals surface area contributed by atoms with E-state index in [0.29, 0.717) is 0 Å². The van der Waals surface area contributed by atoms with Crippen LogP contribution in [-0.4, -0.2) is 46.2 Å². The van der Waals surface area contributed by atoms with Crippen molar-refractivity contribution in [1.82, 2.24) is 0 Å². The summed E-state index contributed by atoms with van der Waals surface area (Å²) in [7, 11) is -4.69. The van der Waals surface area contributed by atoms with Crippen LogP contribution in [-0.2, 0) is 13.6 Å². The fourth-order valence-electron chi connectivity index (χ4n) is 0.353. The number of phosphoric ester groups is 1. The van der Waals surface area contributed by atoms with E-state index in [1.54, 1.807) is 0 Å². The van der Waals surface area contributed by atoms with Crippen molar-refractivity contribution in [1.29, 1.82) is 0 Å². The summed E-state index contributed by atoms with van der Waals surface area (Å²) in [5.74, 6) is 0. The Morgan fingerprint density at radius 3 is 1.57 bits per heavy atom. The van der Waals surface area contributed by atoms with Crippen LogP contribution in [0.3, 0.4) is 0 Å². The second kappa shape index (κ2) is 8.14. The van der Waals surface area contributed by atoms with Crippen molar-refractivity contribution in [3.8, 4) is 0 Å². The van der Waals surface area contributed by atoms with Crippen molar-refractivity contribution in [2.75, 3.05) is 13.2 Å². The minimum absolute atomic E-state index is 0. The van der Waals surface area contributed by atoms with Crippen molar-refractivity contribution in [3.63, 3.8) is 0 Å². The number of hydrogen-bond donors (Lipinski definition) is 4. The van der Waals surface area contributed by atoms with Crippen LogP contribution < -0.4 is 34.5 Å². The van der Waals surface area contributed by atoms with Gasteiger partial charge in [0, 0.05) is 0 Å². The van der Waals surface area contributed by atoms with Crippen molar-refractivity contribution in [2.24, 2.45) is 0 Å². The summed E-state index contributed by atoms with van der Waals surface area (Å²) in [5, 5.41) is 32.8. The fourth-order valence-corrected chi connectivity index (χ4v) is 1.06. The molecule has 14 heavy (non-hydrogen) atoms. The van der Waals surface area contributed by atoms with Gasteiger partial charge in [0.2, 0.25) is 0 Å². The minimum atomic E-state index is -4.69. The zero-order chi connectivity index (χ0) is 10.5. The maximum Gasteiger partial charge on any atom is 1.00 e. The average Bonchev–Trinajstić information content (AvgIpc) is 1.98. The molecular formula is C4H10NaO8P. The average molecular weight is 240 g/mol. The molecule has 0 spiro atoms. The minimum Gasteiger partial charge on any atom is -0.756 e. The van der Waals surface area contributed by atoms with Gasteiger partial charge in [0.15, 0.2) is 12.6 Å². The molecule has 0 unspecified atom stereocenters. The van der Waals surface area contributed by atoms with E-state index in [9.17, 15) is 9.46 Å². The van der Waals surface area contributed by atoms with E-state index in [1.165, 1.54) is 0 Å².